The van der Waals surface area contributed by atoms with E-state index in [-0.39, 0.29) is 11.7 Å². The van der Waals surface area contributed by atoms with E-state index < -0.39 is 5.60 Å². The predicted octanol–water partition coefficient (Wildman–Crippen LogP) is 2.05. The van der Waals surface area contributed by atoms with Crippen LogP contribution in [0, 0.1) is 5.92 Å². The monoisotopic (exact) mass is 328 g/mol. The summed E-state index contributed by atoms with van der Waals surface area (Å²) in [4.78, 5) is 17.6. The summed E-state index contributed by atoms with van der Waals surface area (Å²) in [5.41, 5.74) is -0.567. The van der Waals surface area contributed by atoms with Gasteiger partial charge >= 0.3 is 0 Å². The minimum atomic E-state index is -1.32. The normalized spacial score (nSPS) is 22.5. The summed E-state index contributed by atoms with van der Waals surface area (Å²) in [7, 11) is 0. The van der Waals surface area contributed by atoms with Crippen molar-refractivity contribution < 1.29 is 9.90 Å². The lowest BCUT2D eigenvalue weighted by molar-refractivity contribution is -0.151. The van der Waals surface area contributed by atoms with Gasteiger partial charge in [-0.3, -0.25) is 14.6 Å². The summed E-state index contributed by atoms with van der Waals surface area (Å²) in [5, 5.41) is 11.3. The van der Waals surface area contributed by atoms with Crippen molar-refractivity contribution in [3.8, 4) is 0 Å². The van der Waals surface area contributed by atoms with Gasteiger partial charge in [-0.15, -0.1) is 6.58 Å². The molecule has 1 saturated carbocycles. The number of rotatable bonds is 7. The number of hydrogen-bond acceptors (Lipinski definition) is 4. The van der Waals surface area contributed by atoms with Crippen LogP contribution in [0.3, 0.4) is 0 Å². The van der Waals surface area contributed by atoms with E-state index in [1.165, 1.54) is 0 Å². The SMILES string of the molecule is C=CCN1CCN(CC(=O)C(O)(c2ccccc2)C2CCC2)CC1. The lowest BCUT2D eigenvalue weighted by atomic mass is 9.67. The van der Waals surface area contributed by atoms with Gasteiger partial charge in [0.2, 0.25) is 0 Å². The standard InChI is InChI=1S/C20H28N2O2/c1-2-11-21-12-14-22(15-13-21)16-19(23)20(24,18-9-6-10-18)17-7-4-3-5-8-17/h2-5,7-8,18,24H,1,6,9-16H2. The van der Waals surface area contributed by atoms with Crippen molar-refractivity contribution in [2.75, 3.05) is 39.3 Å². The molecule has 1 aromatic rings. The minimum Gasteiger partial charge on any atom is -0.377 e. The van der Waals surface area contributed by atoms with Crippen LogP contribution >= 0.6 is 0 Å². The smallest absolute Gasteiger partial charge is 0.183 e. The maximum Gasteiger partial charge on any atom is 0.183 e. The van der Waals surface area contributed by atoms with Crippen molar-refractivity contribution in [1.29, 1.82) is 0 Å². The summed E-state index contributed by atoms with van der Waals surface area (Å²) in [6.45, 7) is 8.66. The molecule has 2 aliphatic rings. The third-order valence-corrected chi connectivity index (χ3v) is 5.55. The Labute approximate surface area is 144 Å². The van der Waals surface area contributed by atoms with Gasteiger partial charge in [0.15, 0.2) is 11.4 Å². The Kier molecular flexibility index (Phi) is 5.49. The molecule has 1 saturated heterocycles. The molecule has 1 unspecified atom stereocenters. The second kappa shape index (κ2) is 7.60. The second-order valence-electron chi connectivity index (χ2n) is 7.05. The number of ketones is 1. The summed E-state index contributed by atoms with van der Waals surface area (Å²) in [6.07, 6.45) is 4.90. The van der Waals surface area contributed by atoms with Gasteiger partial charge < -0.3 is 5.11 Å². The van der Waals surface area contributed by atoms with Crippen molar-refractivity contribution in [1.82, 2.24) is 9.80 Å². The maximum atomic E-state index is 13.1. The van der Waals surface area contributed by atoms with Crippen LogP contribution in [0.1, 0.15) is 24.8 Å². The lowest BCUT2D eigenvalue weighted by Gasteiger charge is -2.42. The molecule has 1 N–H and O–H groups in total. The number of Topliss-reactive ketones (excluding diaryl/α,β-unsaturated/α-hetero) is 1. The summed E-state index contributed by atoms with van der Waals surface area (Å²) in [5.74, 6) is 0.0185. The van der Waals surface area contributed by atoms with Crippen LogP contribution in [0.5, 0.6) is 0 Å². The number of piperazine rings is 1. The number of nitrogens with zero attached hydrogens (tertiary/aromatic N) is 2. The fraction of sp³-hybridized carbons (Fsp3) is 0.550. The van der Waals surface area contributed by atoms with Crippen LogP contribution in [0.4, 0.5) is 0 Å². The van der Waals surface area contributed by atoms with E-state index in [1.54, 1.807) is 0 Å². The molecule has 24 heavy (non-hydrogen) atoms. The van der Waals surface area contributed by atoms with Gasteiger partial charge in [-0.25, -0.2) is 0 Å². The van der Waals surface area contributed by atoms with E-state index in [9.17, 15) is 9.90 Å². The first-order valence-corrected chi connectivity index (χ1v) is 9.01. The lowest BCUT2D eigenvalue weighted by Crippen LogP contribution is -2.53. The van der Waals surface area contributed by atoms with Crippen LogP contribution in [0.2, 0.25) is 0 Å². The first-order chi connectivity index (χ1) is 11.6. The number of benzene rings is 1. The van der Waals surface area contributed by atoms with Gasteiger partial charge in [-0.2, -0.15) is 0 Å². The molecular formula is C20H28N2O2. The molecule has 1 atom stereocenters. The van der Waals surface area contributed by atoms with E-state index in [1.807, 2.05) is 36.4 Å². The molecule has 0 bridgehead atoms. The molecule has 2 fully saturated rings. The second-order valence-corrected chi connectivity index (χ2v) is 7.05. The predicted molar refractivity (Wildman–Crippen MR) is 95.8 cm³/mol. The van der Waals surface area contributed by atoms with Gasteiger partial charge in [0.1, 0.15) is 0 Å². The highest BCUT2D eigenvalue weighted by atomic mass is 16.3. The quantitative estimate of drug-likeness (QED) is 0.778. The first-order valence-electron chi connectivity index (χ1n) is 9.01. The van der Waals surface area contributed by atoms with Crippen LogP contribution in [0.15, 0.2) is 43.0 Å². The molecule has 1 aliphatic carbocycles. The highest BCUT2D eigenvalue weighted by Crippen LogP contribution is 2.43. The highest BCUT2D eigenvalue weighted by molar-refractivity contribution is 5.90. The fourth-order valence-corrected chi connectivity index (χ4v) is 3.78. The Morgan fingerprint density at radius 2 is 1.79 bits per heavy atom. The number of hydrogen-bond donors (Lipinski definition) is 1. The zero-order valence-electron chi connectivity index (χ0n) is 14.4. The van der Waals surface area contributed by atoms with E-state index in [0.717, 1.165) is 57.5 Å². The van der Waals surface area contributed by atoms with Crippen LogP contribution in [0.25, 0.3) is 0 Å². The number of carbonyl (C=O) groups excluding carboxylic acids is 1. The third kappa shape index (κ3) is 3.46. The largest absolute Gasteiger partial charge is 0.377 e. The Morgan fingerprint density at radius 3 is 2.33 bits per heavy atom. The molecule has 4 heteroatoms. The topological polar surface area (TPSA) is 43.8 Å². The van der Waals surface area contributed by atoms with Crippen molar-refractivity contribution in [3.05, 3.63) is 48.6 Å². The van der Waals surface area contributed by atoms with Crippen molar-refractivity contribution in [2.24, 2.45) is 5.92 Å². The van der Waals surface area contributed by atoms with E-state index in [0.29, 0.717) is 6.54 Å². The average molecular weight is 328 g/mol. The Balaban J connectivity index is 1.68. The van der Waals surface area contributed by atoms with E-state index >= 15 is 0 Å². The van der Waals surface area contributed by atoms with Crippen molar-refractivity contribution in [3.63, 3.8) is 0 Å². The molecule has 0 spiro atoms. The average Bonchev–Trinajstić information content (AvgIpc) is 2.56. The fourth-order valence-electron chi connectivity index (χ4n) is 3.78. The highest BCUT2D eigenvalue weighted by Gasteiger charge is 2.47. The maximum absolute atomic E-state index is 13.1. The Bertz CT molecular complexity index is 562. The van der Waals surface area contributed by atoms with Gasteiger partial charge in [-0.05, 0) is 24.3 Å². The molecule has 0 radical (unpaired) electrons. The van der Waals surface area contributed by atoms with Gasteiger partial charge in [0.05, 0.1) is 6.54 Å². The number of carbonyl (C=O) groups is 1. The molecular weight excluding hydrogens is 300 g/mol. The molecule has 130 valence electrons. The molecule has 1 aromatic carbocycles. The number of aliphatic hydroxyl groups is 1. The van der Waals surface area contributed by atoms with Crippen molar-refractivity contribution >= 4 is 5.78 Å². The van der Waals surface area contributed by atoms with Crippen LogP contribution in [-0.4, -0.2) is 60.0 Å². The van der Waals surface area contributed by atoms with Gasteiger partial charge in [0.25, 0.3) is 0 Å². The zero-order valence-corrected chi connectivity index (χ0v) is 14.4. The Morgan fingerprint density at radius 1 is 1.17 bits per heavy atom. The minimum absolute atomic E-state index is 0.0458. The van der Waals surface area contributed by atoms with E-state index in [2.05, 4.69) is 16.4 Å². The molecule has 3 rings (SSSR count). The van der Waals surface area contributed by atoms with Crippen LogP contribution in [-0.2, 0) is 10.4 Å². The molecule has 0 aromatic heterocycles. The summed E-state index contributed by atoms with van der Waals surface area (Å²) >= 11 is 0. The summed E-state index contributed by atoms with van der Waals surface area (Å²) in [6, 6.07) is 9.51. The molecule has 4 nitrogen and oxygen atoms in total. The van der Waals surface area contributed by atoms with Crippen molar-refractivity contribution in [2.45, 2.75) is 24.9 Å². The zero-order chi connectivity index (χ0) is 17.0. The summed E-state index contributed by atoms with van der Waals surface area (Å²) < 4.78 is 0. The Hall–Kier alpha value is -1.49. The van der Waals surface area contributed by atoms with Gasteiger partial charge in [0, 0.05) is 32.7 Å². The molecule has 1 aliphatic heterocycles. The molecule has 0 amide bonds. The van der Waals surface area contributed by atoms with Gasteiger partial charge in [-0.1, -0.05) is 42.8 Å². The van der Waals surface area contributed by atoms with E-state index in [4.69, 9.17) is 0 Å². The third-order valence-electron chi connectivity index (χ3n) is 5.55. The van der Waals surface area contributed by atoms with Crippen LogP contribution < -0.4 is 0 Å². The first kappa shape index (κ1) is 17.3. The molecule has 1 heterocycles.